The van der Waals surface area contributed by atoms with Crippen molar-refractivity contribution < 1.29 is 14.7 Å². The fourth-order valence-corrected chi connectivity index (χ4v) is 2.26. The van der Waals surface area contributed by atoms with Gasteiger partial charge in [-0.05, 0) is 22.0 Å². The number of carboxylic acids is 1. The molecule has 7 nitrogen and oxygen atoms in total. The molecule has 0 bridgehead atoms. The summed E-state index contributed by atoms with van der Waals surface area (Å²) in [6.07, 6.45) is 1.49. The molecule has 0 saturated carbocycles. The van der Waals surface area contributed by atoms with Crippen LogP contribution in [0.2, 0.25) is 0 Å². The average Bonchev–Trinajstić information content (AvgIpc) is 2.46. The molecular formula is C12H15BrN4O3. The van der Waals surface area contributed by atoms with Crippen LogP contribution in [0.1, 0.15) is 10.4 Å². The third-order valence-electron chi connectivity index (χ3n) is 2.96. The van der Waals surface area contributed by atoms with Crippen LogP contribution in [0.25, 0.3) is 0 Å². The highest BCUT2D eigenvalue weighted by atomic mass is 79.9. The Morgan fingerprint density at radius 3 is 2.80 bits per heavy atom. The first-order valence-electron chi connectivity index (χ1n) is 6.19. The van der Waals surface area contributed by atoms with Crippen molar-refractivity contribution in [1.82, 2.24) is 15.2 Å². The number of nitrogens with zero attached hydrogens (tertiary/aromatic N) is 2. The summed E-state index contributed by atoms with van der Waals surface area (Å²) >= 11 is 3.17. The molecule has 108 valence electrons. The number of aromatic nitrogens is 1. The van der Waals surface area contributed by atoms with Crippen LogP contribution < -0.4 is 10.6 Å². The molecule has 0 aromatic carbocycles. The van der Waals surface area contributed by atoms with Crippen molar-refractivity contribution in [3.05, 3.63) is 22.3 Å². The zero-order valence-electron chi connectivity index (χ0n) is 10.7. The quantitative estimate of drug-likeness (QED) is 0.732. The summed E-state index contributed by atoms with van der Waals surface area (Å²) in [5.41, 5.74) is 0.0347. The molecule has 1 aromatic heterocycles. The Morgan fingerprint density at radius 1 is 1.45 bits per heavy atom. The number of halogens is 1. The minimum Gasteiger partial charge on any atom is -0.478 e. The average molecular weight is 343 g/mol. The molecule has 1 aliphatic heterocycles. The minimum absolute atomic E-state index is 0.0347. The second-order valence-electron chi connectivity index (χ2n) is 4.34. The molecule has 0 spiro atoms. The second kappa shape index (κ2) is 6.67. The maximum atomic E-state index is 12.0. The number of carboxylic acid groups (broad SMARTS) is 1. The number of piperazine rings is 1. The molecule has 1 amide bonds. The first-order valence-corrected chi connectivity index (χ1v) is 6.98. The van der Waals surface area contributed by atoms with E-state index in [1.807, 2.05) is 0 Å². The lowest BCUT2D eigenvalue weighted by atomic mass is 10.2. The van der Waals surface area contributed by atoms with E-state index in [1.54, 1.807) is 4.90 Å². The maximum Gasteiger partial charge on any atom is 0.339 e. The molecule has 8 heteroatoms. The number of aromatic carboxylic acids is 1. The number of hydrogen-bond acceptors (Lipinski definition) is 5. The lowest BCUT2D eigenvalue weighted by Gasteiger charge is -2.27. The highest BCUT2D eigenvalue weighted by Crippen LogP contribution is 2.17. The van der Waals surface area contributed by atoms with Crippen molar-refractivity contribution >= 4 is 33.6 Å². The van der Waals surface area contributed by atoms with Crippen LogP contribution in [-0.2, 0) is 4.79 Å². The Labute approximate surface area is 124 Å². The fourth-order valence-electron chi connectivity index (χ4n) is 1.93. The van der Waals surface area contributed by atoms with Gasteiger partial charge in [-0.25, -0.2) is 9.78 Å². The lowest BCUT2D eigenvalue weighted by Crippen LogP contribution is -2.48. The molecular weight excluding hydrogens is 328 g/mol. The van der Waals surface area contributed by atoms with Crippen molar-refractivity contribution in [2.75, 3.05) is 38.0 Å². The Balaban J connectivity index is 1.99. The van der Waals surface area contributed by atoms with Crippen LogP contribution in [-0.4, -0.2) is 59.6 Å². The molecule has 0 aliphatic carbocycles. The number of amides is 1. The number of rotatable bonds is 4. The van der Waals surface area contributed by atoms with E-state index in [1.165, 1.54) is 12.3 Å². The summed E-state index contributed by atoms with van der Waals surface area (Å²) in [5.74, 6) is -0.951. The standard InChI is InChI=1S/C12H15BrN4O3/c13-8-5-9(12(19)20)11(15-6-8)16-7-10(18)17-3-1-14-2-4-17/h5-6,14H,1-4,7H2,(H,15,16)(H,19,20). The second-order valence-corrected chi connectivity index (χ2v) is 5.25. The number of carbonyl (C=O) groups is 2. The summed E-state index contributed by atoms with van der Waals surface area (Å²) in [4.78, 5) is 28.8. The highest BCUT2D eigenvalue weighted by Gasteiger charge is 2.17. The van der Waals surface area contributed by atoms with Crippen LogP contribution in [0, 0.1) is 0 Å². The summed E-state index contributed by atoms with van der Waals surface area (Å²) < 4.78 is 0.578. The van der Waals surface area contributed by atoms with Gasteiger partial charge in [0.05, 0.1) is 6.54 Å². The number of nitrogens with one attached hydrogen (secondary N) is 2. The Morgan fingerprint density at radius 2 is 2.15 bits per heavy atom. The van der Waals surface area contributed by atoms with Crippen molar-refractivity contribution in [3.8, 4) is 0 Å². The zero-order valence-corrected chi connectivity index (χ0v) is 12.3. The van der Waals surface area contributed by atoms with Gasteiger partial charge in [0.25, 0.3) is 0 Å². The van der Waals surface area contributed by atoms with Gasteiger partial charge in [0.1, 0.15) is 11.4 Å². The minimum atomic E-state index is -1.09. The van der Waals surface area contributed by atoms with Crippen molar-refractivity contribution in [1.29, 1.82) is 0 Å². The topological polar surface area (TPSA) is 94.6 Å². The van der Waals surface area contributed by atoms with Crippen LogP contribution in [0.15, 0.2) is 16.7 Å². The first kappa shape index (κ1) is 14.7. The van der Waals surface area contributed by atoms with E-state index in [9.17, 15) is 9.59 Å². The largest absolute Gasteiger partial charge is 0.478 e. The third-order valence-corrected chi connectivity index (χ3v) is 3.40. The smallest absolute Gasteiger partial charge is 0.339 e. The molecule has 0 radical (unpaired) electrons. The van der Waals surface area contributed by atoms with Crippen molar-refractivity contribution in [2.24, 2.45) is 0 Å². The highest BCUT2D eigenvalue weighted by molar-refractivity contribution is 9.10. The Kier molecular flexibility index (Phi) is 4.91. The summed E-state index contributed by atoms with van der Waals surface area (Å²) in [6, 6.07) is 1.45. The van der Waals surface area contributed by atoms with Gasteiger partial charge in [0.2, 0.25) is 5.91 Å². The molecule has 20 heavy (non-hydrogen) atoms. The van der Waals surface area contributed by atoms with Crippen molar-refractivity contribution in [2.45, 2.75) is 0 Å². The number of anilines is 1. The molecule has 1 saturated heterocycles. The van der Waals surface area contributed by atoms with Gasteiger partial charge in [-0.3, -0.25) is 4.79 Å². The fraction of sp³-hybridized carbons (Fsp3) is 0.417. The van der Waals surface area contributed by atoms with E-state index < -0.39 is 5.97 Å². The zero-order chi connectivity index (χ0) is 14.5. The van der Waals surface area contributed by atoms with Crippen LogP contribution in [0.4, 0.5) is 5.82 Å². The van der Waals surface area contributed by atoms with E-state index in [0.717, 1.165) is 13.1 Å². The van der Waals surface area contributed by atoms with Gasteiger partial charge in [-0.1, -0.05) is 0 Å². The van der Waals surface area contributed by atoms with Gasteiger partial charge in [-0.15, -0.1) is 0 Å². The molecule has 2 rings (SSSR count). The Hall–Kier alpha value is -1.67. The molecule has 0 unspecified atom stereocenters. The van der Waals surface area contributed by atoms with Gasteiger partial charge in [-0.2, -0.15) is 0 Å². The van der Waals surface area contributed by atoms with E-state index in [4.69, 9.17) is 5.11 Å². The molecule has 1 aliphatic rings. The monoisotopic (exact) mass is 342 g/mol. The summed E-state index contributed by atoms with van der Waals surface area (Å²) in [7, 11) is 0. The van der Waals surface area contributed by atoms with Gasteiger partial charge >= 0.3 is 5.97 Å². The van der Waals surface area contributed by atoms with E-state index >= 15 is 0 Å². The molecule has 1 fully saturated rings. The molecule has 2 heterocycles. The SMILES string of the molecule is O=C(O)c1cc(Br)cnc1NCC(=O)N1CCNCC1. The van der Waals surface area contributed by atoms with Crippen LogP contribution >= 0.6 is 15.9 Å². The van der Waals surface area contributed by atoms with Gasteiger partial charge < -0.3 is 20.6 Å². The summed E-state index contributed by atoms with van der Waals surface area (Å²) in [5, 5.41) is 15.1. The van der Waals surface area contributed by atoms with E-state index in [2.05, 4.69) is 31.5 Å². The van der Waals surface area contributed by atoms with Crippen LogP contribution in [0.5, 0.6) is 0 Å². The van der Waals surface area contributed by atoms with Crippen molar-refractivity contribution in [3.63, 3.8) is 0 Å². The maximum absolute atomic E-state index is 12.0. The molecule has 3 N–H and O–H groups in total. The predicted molar refractivity (Wildman–Crippen MR) is 76.8 cm³/mol. The van der Waals surface area contributed by atoms with E-state index in [-0.39, 0.29) is 23.8 Å². The molecule has 1 aromatic rings. The Bertz CT molecular complexity index is 517. The first-order chi connectivity index (χ1) is 9.58. The van der Waals surface area contributed by atoms with Gasteiger partial charge in [0, 0.05) is 36.8 Å². The summed E-state index contributed by atoms with van der Waals surface area (Å²) in [6.45, 7) is 2.93. The molecule has 0 atom stereocenters. The predicted octanol–water partition coefficient (Wildman–Crippen LogP) is 0.386. The number of hydrogen-bond donors (Lipinski definition) is 3. The normalized spacial score (nSPS) is 14.9. The number of pyridine rings is 1. The van der Waals surface area contributed by atoms with E-state index in [0.29, 0.717) is 17.6 Å². The lowest BCUT2D eigenvalue weighted by molar-refractivity contribution is -0.129. The van der Waals surface area contributed by atoms with Gasteiger partial charge in [0.15, 0.2) is 0 Å². The third kappa shape index (κ3) is 3.67. The number of carbonyl (C=O) groups excluding carboxylic acids is 1. The van der Waals surface area contributed by atoms with Crippen LogP contribution in [0.3, 0.4) is 0 Å².